The van der Waals surface area contributed by atoms with E-state index < -0.39 is 15.8 Å². The van der Waals surface area contributed by atoms with Crippen molar-refractivity contribution in [2.75, 3.05) is 0 Å². The number of hydrogen-bond donors (Lipinski definition) is 0. The molecular weight excluding hydrogens is 910 g/mol. The summed E-state index contributed by atoms with van der Waals surface area (Å²) in [5, 5.41) is 15.7. The Balaban J connectivity index is 0.000000262. The van der Waals surface area contributed by atoms with Crippen LogP contribution in [0.3, 0.4) is 0 Å². The van der Waals surface area contributed by atoms with Crippen LogP contribution in [-0.2, 0) is 18.1 Å². The van der Waals surface area contributed by atoms with Crippen LogP contribution < -0.4 is 31.8 Å². The molecule has 7 heteroatoms. The van der Waals surface area contributed by atoms with Gasteiger partial charge < -0.3 is 0 Å². The van der Waals surface area contributed by atoms with Crippen molar-refractivity contribution in [1.29, 1.82) is 5.26 Å². The van der Waals surface area contributed by atoms with Crippen molar-refractivity contribution < 1.29 is 18.1 Å². The molecule has 0 aliphatic rings. The van der Waals surface area contributed by atoms with Crippen molar-refractivity contribution in [2.45, 2.75) is 6.92 Å². The minimum Gasteiger partial charge on any atom is -0.0622 e. The SMILES string of the molecule is CC#N.[Br][Os][Br].[C-]#[O+].c1ccc(P(c2ccccc2)c2ccccc2)cc1.c1ccc(P(c2ccccc2)c2ccccc2)cc1. The van der Waals surface area contributed by atoms with Crippen LogP contribution in [0.4, 0.5) is 0 Å². The summed E-state index contributed by atoms with van der Waals surface area (Å²) in [5.41, 5.74) is 0. The van der Waals surface area contributed by atoms with Crippen molar-refractivity contribution in [2.24, 2.45) is 0 Å². The first kappa shape index (κ1) is 39.2. The van der Waals surface area contributed by atoms with Gasteiger partial charge in [0.2, 0.25) is 0 Å². The van der Waals surface area contributed by atoms with Crippen LogP contribution in [0.15, 0.2) is 182 Å². The summed E-state index contributed by atoms with van der Waals surface area (Å²) in [4.78, 5) is 0. The second-order valence-corrected chi connectivity index (χ2v) is 24.5. The molecule has 0 fully saturated rings. The quantitative estimate of drug-likeness (QED) is 0.0935. The zero-order valence-electron chi connectivity index (χ0n) is 25.2. The molecule has 6 rings (SSSR count). The van der Waals surface area contributed by atoms with E-state index >= 15 is 0 Å². The number of nitriles is 1. The molecule has 6 aromatic rings. The van der Waals surface area contributed by atoms with E-state index in [1.807, 2.05) is 0 Å². The van der Waals surface area contributed by atoms with Gasteiger partial charge in [-0.15, -0.1) is 0 Å². The molecule has 0 atom stereocenters. The molecule has 0 bridgehead atoms. The molecule has 0 saturated carbocycles. The van der Waals surface area contributed by atoms with Crippen molar-refractivity contribution in [3.8, 4) is 6.07 Å². The van der Waals surface area contributed by atoms with Gasteiger partial charge >= 0.3 is 51.9 Å². The third kappa shape index (κ3) is 13.8. The van der Waals surface area contributed by atoms with E-state index in [-0.39, 0.29) is 13.5 Å². The topological polar surface area (TPSA) is 43.7 Å². The number of benzene rings is 6. The van der Waals surface area contributed by atoms with Gasteiger partial charge in [-0.05, 0) is 47.7 Å². The van der Waals surface area contributed by atoms with Crippen molar-refractivity contribution >= 4 is 74.8 Å². The predicted octanol–water partition coefficient (Wildman–Crippen LogP) is 9.07. The first-order chi connectivity index (χ1) is 22.7. The van der Waals surface area contributed by atoms with Gasteiger partial charge in [-0.2, -0.15) is 5.26 Å². The van der Waals surface area contributed by atoms with Crippen LogP contribution in [0, 0.1) is 18.0 Å². The number of nitrogens with zero attached hydrogens (tertiary/aromatic N) is 1. The summed E-state index contributed by atoms with van der Waals surface area (Å²) in [7, 11) is -0.892. The minimum atomic E-state index is -0.446. The summed E-state index contributed by atoms with van der Waals surface area (Å²) in [6.07, 6.45) is 0. The average molecular weight is 944 g/mol. The summed E-state index contributed by atoms with van der Waals surface area (Å²) in [6, 6.07) is 66.4. The van der Waals surface area contributed by atoms with Crippen molar-refractivity contribution in [3.05, 3.63) is 189 Å². The Labute approximate surface area is 297 Å². The maximum atomic E-state index is 7.50. The fraction of sp³-hybridized carbons (Fsp3) is 0.0256. The minimum absolute atomic E-state index is 0.0417. The molecule has 0 unspecified atom stereocenters. The summed E-state index contributed by atoms with van der Waals surface area (Å²) in [5.74, 6) is 0. The maximum Gasteiger partial charge on any atom is -0.0134 e. The third-order valence-corrected chi connectivity index (χ3v) is 11.0. The van der Waals surface area contributed by atoms with Crippen LogP contribution in [0.5, 0.6) is 0 Å². The second kappa shape index (κ2) is 25.1. The van der Waals surface area contributed by atoms with Gasteiger partial charge in [0.25, 0.3) is 0 Å². The monoisotopic (exact) mass is 943 g/mol. The second-order valence-electron chi connectivity index (χ2n) is 8.96. The van der Waals surface area contributed by atoms with Crippen LogP contribution in [0.25, 0.3) is 0 Å². The van der Waals surface area contributed by atoms with E-state index in [1.165, 1.54) is 38.8 Å². The van der Waals surface area contributed by atoms with E-state index in [2.05, 4.69) is 216 Å². The van der Waals surface area contributed by atoms with Gasteiger partial charge in [0.05, 0.1) is 6.07 Å². The van der Waals surface area contributed by atoms with Gasteiger partial charge in [0, 0.05) is 6.92 Å². The molecule has 2 nitrogen and oxygen atoms in total. The van der Waals surface area contributed by atoms with E-state index in [4.69, 9.17) is 9.91 Å². The van der Waals surface area contributed by atoms with Gasteiger partial charge in [-0.1, -0.05) is 182 Å². The van der Waals surface area contributed by atoms with E-state index in [9.17, 15) is 0 Å². The van der Waals surface area contributed by atoms with Gasteiger partial charge in [-0.25, -0.2) is 0 Å². The van der Waals surface area contributed by atoms with E-state index in [1.54, 1.807) is 6.07 Å². The molecule has 6 aromatic carbocycles. The van der Waals surface area contributed by atoms with E-state index in [0.29, 0.717) is 0 Å². The van der Waals surface area contributed by atoms with Gasteiger partial charge in [0.15, 0.2) is 0 Å². The maximum absolute atomic E-state index is 7.50. The Morgan fingerprint density at radius 3 is 0.652 bits per heavy atom. The Hall–Kier alpha value is -2.99. The van der Waals surface area contributed by atoms with Crippen molar-refractivity contribution in [3.63, 3.8) is 0 Å². The number of rotatable bonds is 6. The summed E-state index contributed by atoms with van der Waals surface area (Å²) in [6.45, 7) is 5.93. The molecule has 0 N–H and O–H groups in total. The number of halogens is 2. The molecule has 0 spiro atoms. The normalized spacial score (nSPS) is 9.43. The zero-order chi connectivity index (χ0) is 33.2. The molecule has 46 heavy (non-hydrogen) atoms. The first-order valence-corrected chi connectivity index (χ1v) is 27.8. The molecule has 0 heterocycles. The van der Waals surface area contributed by atoms with Gasteiger partial charge in [-0.3, -0.25) is 0 Å². The van der Waals surface area contributed by atoms with Crippen LogP contribution in [0.1, 0.15) is 6.92 Å². The van der Waals surface area contributed by atoms with Crippen LogP contribution in [0.2, 0.25) is 0 Å². The molecule has 0 aliphatic carbocycles. The summed E-state index contributed by atoms with van der Waals surface area (Å²) < 4.78 is 7.50. The Morgan fingerprint density at radius 2 is 0.543 bits per heavy atom. The third-order valence-electron chi connectivity index (χ3n) is 6.09. The Bertz CT molecular complexity index is 1350. The molecule has 232 valence electrons. The van der Waals surface area contributed by atoms with Crippen molar-refractivity contribution in [1.82, 2.24) is 0 Å². The Kier molecular flexibility index (Phi) is 21.4. The predicted molar refractivity (Wildman–Crippen MR) is 203 cm³/mol. The molecule has 0 aromatic heterocycles. The largest absolute Gasteiger partial charge is 0.0622 e. The smallest absolute Gasteiger partial charge is 0.0134 e. The molecular formula is C39H33Br2NOOsP2. The number of hydrogen-bond acceptors (Lipinski definition) is 1. The standard InChI is InChI=1S/2C18H15P.C2H3N.CO.2BrH.Os/c2*1-4-10-16(11-5-1)19(17-12-6-2-7-13-17)18-14-8-3-9-15-18;1-2-3;1-2;;;/h2*1-15H;1H3;;2*1H;/q;;;;;;+2/p-2. The van der Waals surface area contributed by atoms with Crippen LogP contribution >= 0.6 is 43.0 Å². The fourth-order valence-corrected chi connectivity index (χ4v) is 8.97. The van der Waals surface area contributed by atoms with Crippen LogP contribution in [-0.4, -0.2) is 0 Å². The molecule has 0 aliphatic heterocycles. The van der Waals surface area contributed by atoms with E-state index in [0.717, 1.165) is 0 Å². The Morgan fingerprint density at radius 1 is 0.435 bits per heavy atom. The molecule has 0 radical (unpaired) electrons. The fourth-order valence-electron chi connectivity index (χ4n) is 4.36. The molecule has 0 amide bonds. The summed E-state index contributed by atoms with van der Waals surface area (Å²) >= 11 is 6.44. The van der Waals surface area contributed by atoms with Gasteiger partial charge in [0.1, 0.15) is 0 Å². The molecule has 0 saturated heterocycles. The zero-order valence-corrected chi connectivity index (χ0v) is 32.7. The average Bonchev–Trinajstić information content (AvgIpc) is 3.13. The first-order valence-electron chi connectivity index (χ1n) is 14.0.